The quantitative estimate of drug-likeness (QED) is 0.923. The Morgan fingerprint density at radius 3 is 2.70 bits per heavy atom. The maximum absolute atomic E-state index is 13.0. The van der Waals surface area contributed by atoms with E-state index in [4.69, 9.17) is 0 Å². The summed E-state index contributed by atoms with van der Waals surface area (Å²) in [6.07, 6.45) is 2.23. The van der Waals surface area contributed by atoms with Crippen LogP contribution in [-0.4, -0.2) is 44.3 Å². The molecular formula is C15H17F3N4O. The number of aryl methyl sites for hydroxylation is 1. The number of aromatic nitrogens is 3. The highest BCUT2D eigenvalue weighted by molar-refractivity contribution is 6.01. The lowest BCUT2D eigenvalue weighted by atomic mass is 10.0. The van der Waals surface area contributed by atoms with Crippen LogP contribution in [0.1, 0.15) is 23.7 Å². The number of carbonyl (C=O) groups excluding carboxylic acids is 1. The summed E-state index contributed by atoms with van der Waals surface area (Å²) in [5.74, 6) is -1.85. The fourth-order valence-electron chi connectivity index (χ4n) is 3.16. The Hall–Kier alpha value is -2.25. The van der Waals surface area contributed by atoms with Gasteiger partial charge in [-0.1, -0.05) is 0 Å². The molecule has 5 nitrogen and oxygen atoms in total. The van der Waals surface area contributed by atoms with Crippen molar-refractivity contribution in [2.24, 2.45) is 13.0 Å². The Bertz CT molecular complexity index is 718. The van der Waals surface area contributed by atoms with Crippen molar-refractivity contribution in [2.75, 3.05) is 6.54 Å². The van der Waals surface area contributed by atoms with Gasteiger partial charge in [-0.3, -0.25) is 9.48 Å². The molecule has 8 heteroatoms. The smallest absolute Gasteiger partial charge is 0.366 e. The molecule has 0 aromatic carbocycles. The number of alkyl halides is 3. The highest BCUT2D eigenvalue weighted by atomic mass is 19.4. The van der Waals surface area contributed by atoms with Crippen molar-refractivity contribution in [2.45, 2.75) is 25.6 Å². The first kappa shape index (κ1) is 15.6. The van der Waals surface area contributed by atoms with Crippen LogP contribution in [0, 0.1) is 5.92 Å². The number of aromatic amines is 1. The van der Waals surface area contributed by atoms with Crippen LogP contribution in [0.5, 0.6) is 0 Å². The van der Waals surface area contributed by atoms with E-state index in [9.17, 15) is 18.0 Å². The molecule has 2 unspecified atom stereocenters. The molecule has 1 aliphatic rings. The van der Waals surface area contributed by atoms with E-state index < -0.39 is 18.1 Å². The summed E-state index contributed by atoms with van der Waals surface area (Å²) in [5, 5.41) is 4.06. The summed E-state index contributed by atoms with van der Waals surface area (Å²) in [6.45, 7) is 1.57. The van der Waals surface area contributed by atoms with Gasteiger partial charge < -0.3 is 9.88 Å². The predicted molar refractivity (Wildman–Crippen MR) is 77.7 cm³/mol. The zero-order valence-electron chi connectivity index (χ0n) is 12.8. The Morgan fingerprint density at radius 2 is 2.13 bits per heavy atom. The first-order valence-corrected chi connectivity index (χ1v) is 7.32. The van der Waals surface area contributed by atoms with E-state index in [1.54, 1.807) is 30.3 Å². The van der Waals surface area contributed by atoms with E-state index in [-0.39, 0.29) is 18.9 Å². The number of hydrogen-bond donors (Lipinski definition) is 1. The molecule has 0 bridgehead atoms. The average molecular weight is 326 g/mol. The zero-order chi connectivity index (χ0) is 16.8. The molecule has 1 amide bonds. The molecule has 3 rings (SSSR count). The van der Waals surface area contributed by atoms with Gasteiger partial charge in [-0.25, -0.2) is 0 Å². The first-order chi connectivity index (χ1) is 10.8. The molecule has 0 saturated carbocycles. The first-order valence-electron chi connectivity index (χ1n) is 7.32. The van der Waals surface area contributed by atoms with E-state index in [2.05, 4.69) is 10.1 Å². The van der Waals surface area contributed by atoms with Crippen molar-refractivity contribution < 1.29 is 18.0 Å². The topological polar surface area (TPSA) is 53.9 Å². The van der Waals surface area contributed by atoms with Gasteiger partial charge in [0.05, 0.1) is 17.7 Å². The summed E-state index contributed by atoms with van der Waals surface area (Å²) in [5.41, 5.74) is 1.76. The third kappa shape index (κ3) is 2.73. The molecule has 0 spiro atoms. The number of nitrogens with one attached hydrogen (secondary N) is 1. The predicted octanol–water partition coefficient (Wildman–Crippen LogP) is 2.83. The number of hydrogen-bond acceptors (Lipinski definition) is 2. The van der Waals surface area contributed by atoms with E-state index in [0.717, 1.165) is 5.56 Å². The largest absolute Gasteiger partial charge is 0.393 e. The summed E-state index contributed by atoms with van der Waals surface area (Å²) < 4.78 is 40.6. The Labute approximate surface area is 131 Å². The van der Waals surface area contributed by atoms with Gasteiger partial charge in [0, 0.05) is 49.4 Å². The molecule has 3 heterocycles. The second kappa shape index (κ2) is 5.43. The third-order valence-corrected chi connectivity index (χ3v) is 4.43. The van der Waals surface area contributed by atoms with Gasteiger partial charge in [0.1, 0.15) is 0 Å². The second-order valence-corrected chi connectivity index (χ2v) is 5.86. The van der Waals surface area contributed by atoms with Crippen LogP contribution in [-0.2, 0) is 7.05 Å². The van der Waals surface area contributed by atoms with Crippen LogP contribution in [0.25, 0.3) is 11.1 Å². The monoisotopic (exact) mass is 326 g/mol. The van der Waals surface area contributed by atoms with Gasteiger partial charge in [0.15, 0.2) is 0 Å². The van der Waals surface area contributed by atoms with Crippen molar-refractivity contribution >= 4 is 5.91 Å². The van der Waals surface area contributed by atoms with Gasteiger partial charge in [-0.2, -0.15) is 18.3 Å². The number of rotatable bonds is 2. The fraction of sp³-hybridized carbons (Fsp3) is 0.467. The molecule has 0 aliphatic carbocycles. The Balaban J connectivity index is 1.87. The van der Waals surface area contributed by atoms with E-state index in [0.29, 0.717) is 11.1 Å². The minimum atomic E-state index is -4.28. The van der Waals surface area contributed by atoms with Crippen molar-refractivity contribution in [3.8, 4) is 11.1 Å². The van der Waals surface area contributed by atoms with Crippen LogP contribution in [0.2, 0.25) is 0 Å². The van der Waals surface area contributed by atoms with Crippen LogP contribution in [0.15, 0.2) is 24.8 Å². The molecule has 1 aliphatic heterocycles. The summed E-state index contributed by atoms with van der Waals surface area (Å²) in [6, 6.07) is -0.862. The molecule has 1 N–H and O–H groups in total. The van der Waals surface area contributed by atoms with E-state index >= 15 is 0 Å². The standard InChI is InChI=1S/C15H17F3N4O/c1-9-13(15(16,17)18)3-4-22(9)14(23)12-7-19-6-11(12)10-5-20-21(2)8-10/h5-9,13,19H,3-4H2,1-2H3. The summed E-state index contributed by atoms with van der Waals surface area (Å²) >= 11 is 0. The van der Waals surface area contributed by atoms with Gasteiger partial charge in [-0.15, -0.1) is 0 Å². The number of amides is 1. The maximum Gasteiger partial charge on any atom is 0.393 e. The Kier molecular flexibility index (Phi) is 3.69. The number of halogens is 3. The van der Waals surface area contributed by atoms with Gasteiger partial charge >= 0.3 is 6.18 Å². The number of H-pyrrole nitrogens is 1. The molecule has 124 valence electrons. The van der Waals surface area contributed by atoms with Gasteiger partial charge in [0.25, 0.3) is 5.91 Å². The zero-order valence-corrected chi connectivity index (χ0v) is 12.8. The minimum absolute atomic E-state index is 0.0525. The SMILES string of the molecule is CC1C(C(F)(F)F)CCN1C(=O)c1c[nH]cc1-c1cnn(C)c1. The fourth-order valence-corrected chi connectivity index (χ4v) is 3.16. The molecule has 2 atom stereocenters. The molecule has 1 fully saturated rings. The van der Waals surface area contributed by atoms with Crippen LogP contribution in [0.4, 0.5) is 13.2 Å². The van der Waals surface area contributed by atoms with Crippen LogP contribution in [0.3, 0.4) is 0 Å². The van der Waals surface area contributed by atoms with E-state index in [1.807, 2.05) is 0 Å². The Morgan fingerprint density at radius 1 is 1.39 bits per heavy atom. The number of nitrogens with zero attached hydrogens (tertiary/aromatic N) is 3. The van der Waals surface area contributed by atoms with Crippen molar-refractivity contribution in [3.05, 3.63) is 30.4 Å². The molecule has 2 aromatic heterocycles. The minimum Gasteiger partial charge on any atom is -0.366 e. The van der Waals surface area contributed by atoms with Crippen molar-refractivity contribution in [3.63, 3.8) is 0 Å². The van der Waals surface area contributed by atoms with E-state index in [1.165, 1.54) is 18.0 Å². The molecule has 0 radical (unpaired) electrons. The third-order valence-electron chi connectivity index (χ3n) is 4.43. The number of likely N-dealkylation sites (tertiary alicyclic amines) is 1. The lowest BCUT2D eigenvalue weighted by Gasteiger charge is -2.26. The normalized spacial score (nSPS) is 21.9. The maximum atomic E-state index is 13.0. The van der Waals surface area contributed by atoms with Crippen molar-refractivity contribution in [1.29, 1.82) is 0 Å². The average Bonchev–Trinajstić information content (AvgIpc) is 3.15. The molecule has 23 heavy (non-hydrogen) atoms. The molecule has 2 aromatic rings. The lowest BCUT2D eigenvalue weighted by molar-refractivity contribution is -0.177. The van der Waals surface area contributed by atoms with Gasteiger partial charge in [0.2, 0.25) is 0 Å². The highest BCUT2D eigenvalue weighted by Gasteiger charge is 2.49. The highest BCUT2D eigenvalue weighted by Crippen LogP contribution is 2.39. The van der Waals surface area contributed by atoms with Gasteiger partial charge in [-0.05, 0) is 13.3 Å². The number of carbonyl (C=O) groups is 1. The summed E-state index contributed by atoms with van der Waals surface area (Å²) in [7, 11) is 1.76. The van der Waals surface area contributed by atoms with Crippen LogP contribution < -0.4 is 0 Å². The molecule has 1 saturated heterocycles. The lowest BCUT2D eigenvalue weighted by Crippen LogP contribution is -2.39. The molecular weight excluding hydrogens is 309 g/mol. The second-order valence-electron chi connectivity index (χ2n) is 5.86. The summed E-state index contributed by atoms with van der Waals surface area (Å²) in [4.78, 5) is 16.9. The van der Waals surface area contributed by atoms with Crippen molar-refractivity contribution in [1.82, 2.24) is 19.7 Å². The van der Waals surface area contributed by atoms with Crippen LogP contribution >= 0.6 is 0 Å².